The molecule has 1 aromatic rings. The fraction of sp³-hybridized carbons (Fsp3) is 0.529. The molecule has 0 aliphatic carbocycles. The lowest BCUT2D eigenvalue weighted by Gasteiger charge is -2.37. The van der Waals surface area contributed by atoms with Gasteiger partial charge >= 0.3 is 6.03 Å². The van der Waals surface area contributed by atoms with Crippen molar-refractivity contribution in [3.8, 4) is 5.75 Å². The second-order valence-corrected chi connectivity index (χ2v) is 5.98. The van der Waals surface area contributed by atoms with E-state index in [-0.39, 0.29) is 18.0 Å². The molecule has 1 atom stereocenters. The van der Waals surface area contributed by atoms with Gasteiger partial charge in [0.1, 0.15) is 5.75 Å². The minimum absolute atomic E-state index is 0.00366. The second kappa shape index (κ2) is 6.89. The topological polar surface area (TPSA) is 70.7 Å². The van der Waals surface area contributed by atoms with Crippen molar-refractivity contribution in [2.75, 3.05) is 25.0 Å². The van der Waals surface area contributed by atoms with Crippen LogP contribution in [0.2, 0.25) is 0 Å². The van der Waals surface area contributed by atoms with Gasteiger partial charge in [-0.05, 0) is 44.4 Å². The molecule has 2 N–H and O–H groups in total. The Bertz CT molecular complexity index is 603. The molecule has 6 nitrogen and oxygen atoms in total. The Hall–Kier alpha value is -2.24. The van der Waals surface area contributed by atoms with Gasteiger partial charge in [-0.3, -0.25) is 4.79 Å². The maximum absolute atomic E-state index is 12.9. The second-order valence-electron chi connectivity index (χ2n) is 5.98. The minimum atomic E-state index is -0.275. The first-order valence-electron chi connectivity index (χ1n) is 8.31. The van der Waals surface area contributed by atoms with Gasteiger partial charge in [0.25, 0.3) is 5.91 Å². The zero-order chi connectivity index (χ0) is 16.2. The number of carbonyl (C=O) groups excluding carboxylic acids is 2. The Kier molecular flexibility index (Phi) is 4.69. The highest BCUT2D eigenvalue weighted by Gasteiger charge is 2.31. The largest absolute Gasteiger partial charge is 0.493 e. The molecule has 0 spiro atoms. The van der Waals surface area contributed by atoms with Crippen LogP contribution >= 0.6 is 0 Å². The molecular weight excluding hydrogens is 294 g/mol. The molecule has 2 aliphatic heterocycles. The van der Waals surface area contributed by atoms with E-state index in [4.69, 9.17) is 4.74 Å². The number of rotatable bonds is 2. The summed E-state index contributed by atoms with van der Waals surface area (Å²) in [4.78, 5) is 26.5. The number of hydrogen-bond donors (Lipinski definition) is 2. The molecule has 1 aromatic carbocycles. The number of piperidine rings is 1. The Morgan fingerprint density at radius 1 is 1.35 bits per heavy atom. The SMILES string of the molecule is CCNC(=O)Nc1ccc2c(c1)C(=O)N1CCCCC1CCO2. The lowest BCUT2D eigenvalue weighted by atomic mass is 9.97. The van der Waals surface area contributed by atoms with Crippen molar-refractivity contribution in [2.45, 2.75) is 38.6 Å². The molecule has 0 aromatic heterocycles. The zero-order valence-corrected chi connectivity index (χ0v) is 13.4. The van der Waals surface area contributed by atoms with Crippen LogP contribution in [0.5, 0.6) is 5.75 Å². The van der Waals surface area contributed by atoms with Gasteiger partial charge in [-0.1, -0.05) is 0 Å². The summed E-state index contributed by atoms with van der Waals surface area (Å²) in [5, 5.41) is 5.42. The predicted molar refractivity (Wildman–Crippen MR) is 87.9 cm³/mol. The summed E-state index contributed by atoms with van der Waals surface area (Å²) >= 11 is 0. The number of carbonyl (C=O) groups is 2. The molecule has 124 valence electrons. The number of fused-ring (bicyclic) bond motifs is 2. The van der Waals surface area contributed by atoms with Gasteiger partial charge in [-0.15, -0.1) is 0 Å². The lowest BCUT2D eigenvalue weighted by Crippen LogP contribution is -2.45. The highest BCUT2D eigenvalue weighted by Crippen LogP contribution is 2.30. The summed E-state index contributed by atoms with van der Waals surface area (Å²) in [5.74, 6) is 0.601. The Labute approximate surface area is 136 Å². The van der Waals surface area contributed by atoms with Gasteiger partial charge < -0.3 is 20.3 Å². The summed E-state index contributed by atoms with van der Waals surface area (Å²) in [6.07, 6.45) is 4.14. The number of amides is 3. The van der Waals surface area contributed by atoms with Gasteiger partial charge in [-0.2, -0.15) is 0 Å². The molecule has 3 amide bonds. The Morgan fingerprint density at radius 2 is 2.22 bits per heavy atom. The lowest BCUT2D eigenvalue weighted by molar-refractivity contribution is 0.0548. The van der Waals surface area contributed by atoms with Crippen molar-refractivity contribution in [1.29, 1.82) is 0 Å². The third-order valence-corrected chi connectivity index (χ3v) is 4.40. The Balaban J connectivity index is 1.86. The quantitative estimate of drug-likeness (QED) is 0.881. The van der Waals surface area contributed by atoms with E-state index in [1.165, 1.54) is 6.42 Å². The van der Waals surface area contributed by atoms with Crippen molar-refractivity contribution in [3.63, 3.8) is 0 Å². The fourth-order valence-corrected chi connectivity index (χ4v) is 3.26. The van der Waals surface area contributed by atoms with Crippen LogP contribution in [0.4, 0.5) is 10.5 Å². The van der Waals surface area contributed by atoms with Gasteiger partial charge in [0.05, 0.1) is 12.2 Å². The van der Waals surface area contributed by atoms with Gasteiger partial charge in [-0.25, -0.2) is 4.79 Å². The van der Waals surface area contributed by atoms with Crippen molar-refractivity contribution < 1.29 is 14.3 Å². The van der Waals surface area contributed by atoms with E-state index in [0.29, 0.717) is 30.2 Å². The minimum Gasteiger partial charge on any atom is -0.493 e. The standard InChI is InChI=1S/C17H23N3O3/c1-2-18-17(22)19-12-6-7-15-14(11-12)16(21)20-9-4-3-5-13(20)8-10-23-15/h6-7,11,13H,2-5,8-10H2,1H3,(H2,18,19,22). The van der Waals surface area contributed by atoms with Crippen molar-refractivity contribution in [2.24, 2.45) is 0 Å². The molecule has 0 saturated carbocycles. The number of nitrogens with one attached hydrogen (secondary N) is 2. The third-order valence-electron chi connectivity index (χ3n) is 4.40. The number of hydrogen-bond acceptors (Lipinski definition) is 3. The Morgan fingerprint density at radius 3 is 3.04 bits per heavy atom. The molecule has 23 heavy (non-hydrogen) atoms. The van der Waals surface area contributed by atoms with Crippen LogP contribution in [0.25, 0.3) is 0 Å². The van der Waals surface area contributed by atoms with Crippen LogP contribution in [-0.2, 0) is 0 Å². The van der Waals surface area contributed by atoms with Crippen LogP contribution in [0, 0.1) is 0 Å². The van der Waals surface area contributed by atoms with Crippen LogP contribution in [-0.4, -0.2) is 42.6 Å². The summed E-state index contributed by atoms with van der Waals surface area (Å²) in [5.41, 5.74) is 1.13. The van der Waals surface area contributed by atoms with E-state index in [1.54, 1.807) is 18.2 Å². The molecule has 2 aliphatic rings. The third kappa shape index (κ3) is 3.41. The number of anilines is 1. The smallest absolute Gasteiger partial charge is 0.319 e. The highest BCUT2D eigenvalue weighted by molar-refractivity contribution is 5.99. The van der Waals surface area contributed by atoms with E-state index in [0.717, 1.165) is 25.8 Å². The van der Waals surface area contributed by atoms with E-state index < -0.39 is 0 Å². The van der Waals surface area contributed by atoms with Crippen LogP contribution in [0.15, 0.2) is 18.2 Å². The van der Waals surface area contributed by atoms with Gasteiger partial charge in [0.15, 0.2) is 0 Å². The van der Waals surface area contributed by atoms with Crippen LogP contribution < -0.4 is 15.4 Å². The van der Waals surface area contributed by atoms with E-state index in [2.05, 4.69) is 10.6 Å². The average molecular weight is 317 g/mol. The molecule has 6 heteroatoms. The molecule has 1 saturated heterocycles. The monoisotopic (exact) mass is 317 g/mol. The van der Waals surface area contributed by atoms with Crippen molar-refractivity contribution in [1.82, 2.24) is 10.2 Å². The maximum atomic E-state index is 12.9. The van der Waals surface area contributed by atoms with E-state index in [9.17, 15) is 9.59 Å². The molecular formula is C17H23N3O3. The van der Waals surface area contributed by atoms with Crippen LogP contribution in [0.1, 0.15) is 43.0 Å². The summed E-state index contributed by atoms with van der Waals surface area (Å²) in [6, 6.07) is 5.23. The normalized spacial score (nSPS) is 20.5. The first kappa shape index (κ1) is 15.6. The summed E-state index contributed by atoms with van der Waals surface area (Å²) in [7, 11) is 0. The number of urea groups is 1. The molecule has 0 radical (unpaired) electrons. The number of benzene rings is 1. The average Bonchev–Trinajstić information content (AvgIpc) is 2.55. The van der Waals surface area contributed by atoms with Crippen LogP contribution in [0.3, 0.4) is 0 Å². The fourth-order valence-electron chi connectivity index (χ4n) is 3.26. The van der Waals surface area contributed by atoms with Crippen molar-refractivity contribution in [3.05, 3.63) is 23.8 Å². The summed E-state index contributed by atoms with van der Waals surface area (Å²) in [6.45, 7) is 3.82. The molecule has 0 bridgehead atoms. The van der Waals surface area contributed by atoms with Gasteiger partial charge in [0.2, 0.25) is 0 Å². The predicted octanol–water partition coefficient (Wildman–Crippen LogP) is 2.61. The van der Waals surface area contributed by atoms with Gasteiger partial charge in [0, 0.05) is 31.2 Å². The van der Waals surface area contributed by atoms with E-state index in [1.807, 2.05) is 11.8 Å². The van der Waals surface area contributed by atoms with E-state index >= 15 is 0 Å². The molecule has 2 heterocycles. The molecule has 1 fully saturated rings. The highest BCUT2D eigenvalue weighted by atomic mass is 16.5. The number of nitrogens with zero attached hydrogens (tertiary/aromatic N) is 1. The number of ether oxygens (including phenoxy) is 1. The summed E-state index contributed by atoms with van der Waals surface area (Å²) < 4.78 is 5.78. The molecule has 1 unspecified atom stereocenters. The van der Waals surface area contributed by atoms with Crippen molar-refractivity contribution >= 4 is 17.6 Å². The molecule has 3 rings (SSSR count). The zero-order valence-electron chi connectivity index (χ0n) is 13.4. The first-order valence-corrected chi connectivity index (χ1v) is 8.31. The first-order chi connectivity index (χ1) is 11.2. The maximum Gasteiger partial charge on any atom is 0.319 e.